The molecule has 2 rings (SSSR count). The van der Waals surface area contributed by atoms with Gasteiger partial charge in [0.05, 0.1) is 12.0 Å². The molecule has 0 bridgehead atoms. The van der Waals surface area contributed by atoms with Crippen molar-refractivity contribution in [1.29, 1.82) is 0 Å². The maximum absolute atomic E-state index is 11.9. The fourth-order valence-corrected chi connectivity index (χ4v) is 3.16. The molecular weight excluding hydrogens is 324 g/mol. The van der Waals surface area contributed by atoms with Gasteiger partial charge in [-0.2, -0.15) is 0 Å². The van der Waals surface area contributed by atoms with Crippen LogP contribution < -0.4 is 5.63 Å². The highest BCUT2D eigenvalue weighted by molar-refractivity contribution is 7.99. The first kappa shape index (κ1) is 18.6. The molecule has 5 heteroatoms. The molecule has 0 atom stereocenters. The van der Waals surface area contributed by atoms with Crippen LogP contribution in [0.15, 0.2) is 44.4 Å². The Morgan fingerprint density at radius 1 is 1.25 bits per heavy atom. The van der Waals surface area contributed by atoms with Crippen molar-refractivity contribution in [1.82, 2.24) is 0 Å². The van der Waals surface area contributed by atoms with Gasteiger partial charge in [-0.25, -0.2) is 4.79 Å². The van der Waals surface area contributed by atoms with E-state index in [9.17, 15) is 9.59 Å². The fraction of sp³-hybridized carbons (Fsp3) is 0.474. The highest BCUT2D eigenvalue weighted by Crippen LogP contribution is 2.27. The summed E-state index contributed by atoms with van der Waals surface area (Å²) >= 11 is 1.63. The van der Waals surface area contributed by atoms with E-state index >= 15 is 0 Å². The minimum atomic E-state index is -0.411. The second-order valence-corrected chi connectivity index (χ2v) is 7.49. The molecule has 0 N–H and O–H groups in total. The third-order valence-electron chi connectivity index (χ3n) is 4.08. The van der Waals surface area contributed by atoms with E-state index in [1.807, 2.05) is 39.0 Å². The quantitative estimate of drug-likeness (QED) is 0.301. The second kappa shape index (κ2) is 8.38. The van der Waals surface area contributed by atoms with Crippen LogP contribution in [0.1, 0.15) is 40.0 Å². The average molecular weight is 348 g/mol. The zero-order valence-corrected chi connectivity index (χ0v) is 15.3. The number of carbonyl (C=O) groups excluding carboxylic acids is 1. The third-order valence-corrected chi connectivity index (χ3v) is 5.22. The number of hydrogen-bond donors (Lipinski definition) is 0. The summed E-state index contributed by atoms with van der Waals surface area (Å²) in [7, 11) is 0. The first-order valence-electron chi connectivity index (χ1n) is 8.27. The molecule has 0 saturated carbocycles. The molecule has 0 fully saturated rings. The van der Waals surface area contributed by atoms with E-state index in [1.165, 1.54) is 6.07 Å². The normalized spacial score (nSPS) is 11.6. The number of ether oxygens (including phenoxy) is 1. The van der Waals surface area contributed by atoms with Crippen molar-refractivity contribution in [3.63, 3.8) is 0 Å². The Hall–Kier alpha value is -1.75. The Labute approximate surface area is 146 Å². The molecule has 2 aromatic rings. The van der Waals surface area contributed by atoms with Crippen molar-refractivity contribution in [2.24, 2.45) is 5.41 Å². The number of thioether (sulfide) groups is 1. The molecule has 1 aromatic carbocycles. The molecule has 0 aliphatic carbocycles. The van der Waals surface area contributed by atoms with Gasteiger partial charge in [0.2, 0.25) is 0 Å². The molecule has 130 valence electrons. The van der Waals surface area contributed by atoms with Crippen LogP contribution in [-0.2, 0) is 9.53 Å². The highest BCUT2D eigenvalue weighted by atomic mass is 32.2. The smallest absolute Gasteiger partial charge is 0.337 e. The van der Waals surface area contributed by atoms with Crippen LogP contribution in [0.5, 0.6) is 0 Å². The Bertz CT molecular complexity index is 748. The van der Waals surface area contributed by atoms with Gasteiger partial charge < -0.3 is 9.15 Å². The lowest BCUT2D eigenvalue weighted by Gasteiger charge is -2.20. The Morgan fingerprint density at radius 2 is 2.00 bits per heavy atom. The largest absolute Gasteiger partial charge is 0.465 e. The first-order valence-corrected chi connectivity index (χ1v) is 9.25. The summed E-state index contributed by atoms with van der Waals surface area (Å²) in [4.78, 5) is 24.4. The van der Waals surface area contributed by atoms with Gasteiger partial charge in [-0.3, -0.25) is 4.79 Å². The highest BCUT2D eigenvalue weighted by Gasteiger charge is 2.26. The third kappa shape index (κ3) is 4.87. The van der Waals surface area contributed by atoms with Crippen molar-refractivity contribution in [2.45, 2.75) is 44.9 Å². The van der Waals surface area contributed by atoms with Crippen LogP contribution in [0.25, 0.3) is 11.0 Å². The number of para-hydroxylation sites is 1. The van der Waals surface area contributed by atoms with Crippen molar-refractivity contribution in [3.8, 4) is 0 Å². The summed E-state index contributed by atoms with van der Waals surface area (Å²) < 4.78 is 10.5. The van der Waals surface area contributed by atoms with Crippen LogP contribution in [-0.4, -0.2) is 18.3 Å². The molecule has 0 spiro atoms. The molecule has 0 aliphatic heterocycles. The summed E-state index contributed by atoms with van der Waals surface area (Å²) in [5, 5.41) is 0.957. The maximum atomic E-state index is 11.9. The first-order chi connectivity index (χ1) is 11.4. The summed E-state index contributed by atoms with van der Waals surface area (Å²) in [6.07, 6.45) is 2.50. The number of fused-ring (bicyclic) bond motifs is 1. The molecule has 0 amide bonds. The van der Waals surface area contributed by atoms with E-state index in [4.69, 9.17) is 9.15 Å². The summed E-state index contributed by atoms with van der Waals surface area (Å²) in [5.74, 6) is 0.728. The van der Waals surface area contributed by atoms with Crippen LogP contribution in [0.4, 0.5) is 0 Å². The van der Waals surface area contributed by atoms with E-state index in [0.29, 0.717) is 12.2 Å². The molecule has 24 heavy (non-hydrogen) atoms. The fourth-order valence-electron chi connectivity index (χ4n) is 2.09. The standard InChI is InChI=1S/C19H24O4S/c1-4-19(2,3)18(21)22-11-7-8-12-24-16-13-17(20)23-15-10-6-5-9-14(15)16/h5-6,9-10,13H,4,7-8,11-12H2,1-3H3. The zero-order valence-electron chi connectivity index (χ0n) is 14.5. The van der Waals surface area contributed by atoms with E-state index < -0.39 is 5.41 Å². The lowest BCUT2D eigenvalue weighted by molar-refractivity contribution is -0.154. The van der Waals surface area contributed by atoms with E-state index in [1.54, 1.807) is 17.8 Å². The molecule has 0 saturated heterocycles. The van der Waals surface area contributed by atoms with Gasteiger partial charge in [-0.05, 0) is 44.9 Å². The minimum absolute atomic E-state index is 0.135. The predicted octanol–water partition coefficient (Wildman–Crippen LogP) is 4.64. The molecule has 0 aliphatic rings. The van der Waals surface area contributed by atoms with E-state index in [0.717, 1.165) is 35.3 Å². The monoisotopic (exact) mass is 348 g/mol. The van der Waals surface area contributed by atoms with Crippen molar-refractivity contribution < 1.29 is 13.9 Å². The minimum Gasteiger partial charge on any atom is -0.465 e. The number of benzene rings is 1. The molecule has 4 nitrogen and oxygen atoms in total. The van der Waals surface area contributed by atoms with Gasteiger partial charge in [0, 0.05) is 16.3 Å². The Kier molecular flexibility index (Phi) is 6.49. The summed E-state index contributed by atoms with van der Waals surface area (Å²) in [6, 6.07) is 9.08. The van der Waals surface area contributed by atoms with Crippen LogP contribution in [0, 0.1) is 5.41 Å². The Morgan fingerprint density at radius 3 is 2.75 bits per heavy atom. The average Bonchev–Trinajstić information content (AvgIpc) is 2.57. The summed E-state index contributed by atoms with van der Waals surface area (Å²) in [6.45, 7) is 6.23. The molecule has 0 radical (unpaired) electrons. The topological polar surface area (TPSA) is 56.5 Å². The second-order valence-electron chi connectivity index (χ2n) is 6.35. The van der Waals surface area contributed by atoms with Gasteiger partial charge >= 0.3 is 11.6 Å². The van der Waals surface area contributed by atoms with Crippen LogP contribution in [0.2, 0.25) is 0 Å². The maximum Gasteiger partial charge on any atom is 0.337 e. The predicted molar refractivity (Wildman–Crippen MR) is 97.5 cm³/mol. The lowest BCUT2D eigenvalue weighted by atomic mass is 9.91. The molecular formula is C19H24O4S. The van der Waals surface area contributed by atoms with Crippen molar-refractivity contribution in [3.05, 3.63) is 40.8 Å². The lowest BCUT2D eigenvalue weighted by Crippen LogP contribution is -2.26. The number of carbonyl (C=O) groups is 1. The molecule has 1 heterocycles. The SMILES string of the molecule is CCC(C)(C)C(=O)OCCCCSc1cc(=O)oc2ccccc12. The summed E-state index contributed by atoms with van der Waals surface area (Å²) in [5.41, 5.74) is -0.124. The number of unbranched alkanes of at least 4 members (excludes halogenated alkanes) is 1. The van der Waals surface area contributed by atoms with Crippen molar-refractivity contribution in [2.75, 3.05) is 12.4 Å². The van der Waals surface area contributed by atoms with Crippen LogP contribution >= 0.6 is 11.8 Å². The van der Waals surface area contributed by atoms with Crippen molar-refractivity contribution >= 4 is 28.7 Å². The van der Waals surface area contributed by atoms with Gasteiger partial charge in [0.1, 0.15) is 5.58 Å². The van der Waals surface area contributed by atoms with E-state index in [2.05, 4.69) is 0 Å². The van der Waals surface area contributed by atoms with Gasteiger partial charge in [-0.15, -0.1) is 11.8 Å². The zero-order chi connectivity index (χ0) is 17.6. The number of rotatable bonds is 8. The van der Waals surface area contributed by atoms with E-state index in [-0.39, 0.29) is 11.6 Å². The van der Waals surface area contributed by atoms with Gasteiger partial charge in [0.25, 0.3) is 0 Å². The van der Waals surface area contributed by atoms with Gasteiger partial charge in [-0.1, -0.05) is 25.1 Å². The Balaban J connectivity index is 1.79. The van der Waals surface area contributed by atoms with Gasteiger partial charge in [0.15, 0.2) is 0 Å². The molecule has 0 unspecified atom stereocenters. The molecule has 1 aromatic heterocycles. The van der Waals surface area contributed by atoms with Crippen LogP contribution in [0.3, 0.4) is 0 Å². The number of esters is 1. The number of hydrogen-bond acceptors (Lipinski definition) is 5.